The quantitative estimate of drug-likeness (QED) is 0.639. The topological polar surface area (TPSA) is 9.23 Å². The average molecular weight is 156 g/mol. The van der Waals surface area contributed by atoms with Crippen molar-refractivity contribution < 1.29 is 4.74 Å². The summed E-state index contributed by atoms with van der Waals surface area (Å²) < 4.78 is 5.16. The van der Waals surface area contributed by atoms with Gasteiger partial charge in [-0.1, -0.05) is 13.8 Å². The molecule has 0 radical (unpaired) electrons. The summed E-state index contributed by atoms with van der Waals surface area (Å²) in [4.78, 5) is 1.34. The van der Waals surface area contributed by atoms with Crippen molar-refractivity contribution in [2.24, 2.45) is 0 Å². The molecule has 0 aromatic carbocycles. The Hall–Kier alpha value is -0.500. The molecule has 1 heterocycles. The molecule has 1 rings (SSSR count). The molecule has 0 aliphatic heterocycles. The lowest BCUT2D eigenvalue weighted by atomic mass is 10.2. The molecule has 2 heteroatoms. The molecule has 0 spiro atoms. The zero-order valence-electron chi connectivity index (χ0n) is 6.55. The van der Waals surface area contributed by atoms with E-state index in [4.69, 9.17) is 4.74 Å². The van der Waals surface area contributed by atoms with Gasteiger partial charge in [0.2, 0.25) is 0 Å². The third-order valence-corrected chi connectivity index (χ3v) is 2.60. The highest BCUT2D eigenvalue weighted by atomic mass is 32.1. The summed E-state index contributed by atoms with van der Waals surface area (Å²) in [6.07, 6.45) is 0. The monoisotopic (exact) mass is 156 g/mol. The van der Waals surface area contributed by atoms with Crippen LogP contribution < -0.4 is 4.74 Å². The number of hydrogen-bond donors (Lipinski definition) is 0. The lowest BCUT2D eigenvalue weighted by Crippen LogP contribution is -1.87. The van der Waals surface area contributed by atoms with Crippen LogP contribution in [0.3, 0.4) is 0 Å². The largest absolute Gasteiger partial charge is 0.496 e. The van der Waals surface area contributed by atoms with Gasteiger partial charge in [0, 0.05) is 4.88 Å². The van der Waals surface area contributed by atoms with Crippen LogP contribution in [0.15, 0.2) is 11.4 Å². The lowest BCUT2D eigenvalue weighted by molar-refractivity contribution is 0.410. The third-order valence-electron chi connectivity index (χ3n) is 1.40. The van der Waals surface area contributed by atoms with E-state index in [2.05, 4.69) is 19.2 Å². The van der Waals surface area contributed by atoms with Crippen molar-refractivity contribution in [2.75, 3.05) is 7.11 Å². The van der Waals surface area contributed by atoms with E-state index in [0.717, 1.165) is 5.75 Å². The second-order valence-corrected chi connectivity index (χ2v) is 3.46. The van der Waals surface area contributed by atoms with Gasteiger partial charge in [-0.05, 0) is 17.4 Å². The van der Waals surface area contributed by atoms with Crippen LogP contribution in [0, 0.1) is 0 Å². The smallest absolute Gasteiger partial charge is 0.132 e. The Bertz CT molecular complexity index is 203. The summed E-state index contributed by atoms with van der Waals surface area (Å²) >= 11 is 1.76. The Balaban J connectivity index is 2.90. The minimum absolute atomic E-state index is 0.579. The molecule has 0 fully saturated rings. The maximum absolute atomic E-state index is 5.16. The van der Waals surface area contributed by atoms with E-state index in [-0.39, 0.29) is 0 Å². The van der Waals surface area contributed by atoms with Crippen molar-refractivity contribution in [2.45, 2.75) is 19.8 Å². The van der Waals surface area contributed by atoms with Gasteiger partial charge in [0.1, 0.15) is 5.75 Å². The van der Waals surface area contributed by atoms with Gasteiger partial charge in [-0.25, -0.2) is 0 Å². The standard InChI is InChI=1S/C8H12OS/c1-6(2)8-7(9-3)4-5-10-8/h4-6H,1-3H3. The number of hydrogen-bond acceptors (Lipinski definition) is 2. The highest BCUT2D eigenvalue weighted by Crippen LogP contribution is 2.31. The van der Waals surface area contributed by atoms with Gasteiger partial charge in [0.15, 0.2) is 0 Å². The SMILES string of the molecule is COc1ccsc1C(C)C. The summed E-state index contributed by atoms with van der Waals surface area (Å²) in [6.45, 7) is 4.35. The van der Waals surface area contributed by atoms with Crippen LogP contribution in [0.25, 0.3) is 0 Å². The number of ether oxygens (including phenoxy) is 1. The highest BCUT2D eigenvalue weighted by molar-refractivity contribution is 7.10. The van der Waals surface area contributed by atoms with E-state index in [1.807, 2.05) is 6.07 Å². The van der Waals surface area contributed by atoms with Gasteiger partial charge < -0.3 is 4.74 Å². The molecule has 0 saturated heterocycles. The van der Waals surface area contributed by atoms with E-state index >= 15 is 0 Å². The van der Waals surface area contributed by atoms with Crippen LogP contribution >= 0.6 is 11.3 Å². The Morgan fingerprint density at radius 2 is 2.20 bits per heavy atom. The molecule has 0 aliphatic carbocycles. The molecule has 0 atom stereocenters. The molecule has 0 saturated carbocycles. The first-order chi connectivity index (χ1) is 4.75. The fourth-order valence-electron chi connectivity index (χ4n) is 0.899. The van der Waals surface area contributed by atoms with E-state index in [0.29, 0.717) is 5.92 Å². The zero-order valence-corrected chi connectivity index (χ0v) is 7.37. The molecule has 0 aliphatic rings. The zero-order chi connectivity index (χ0) is 7.56. The Morgan fingerprint density at radius 1 is 1.50 bits per heavy atom. The summed E-state index contributed by atoms with van der Waals surface area (Å²) in [5.41, 5.74) is 0. The lowest BCUT2D eigenvalue weighted by Gasteiger charge is -2.03. The van der Waals surface area contributed by atoms with Crippen molar-refractivity contribution in [1.82, 2.24) is 0 Å². The molecular weight excluding hydrogens is 144 g/mol. The van der Waals surface area contributed by atoms with Crippen LogP contribution in [-0.4, -0.2) is 7.11 Å². The van der Waals surface area contributed by atoms with Crippen molar-refractivity contribution in [3.05, 3.63) is 16.3 Å². The molecule has 0 unspecified atom stereocenters. The fraction of sp³-hybridized carbons (Fsp3) is 0.500. The minimum Gasteiger partial charge on any atom is -0.496 e. The maximum atomic E-state index is 5.16. The molecule has 1 aromatic rings. The van der Waals surface area contributed by atoms with Crippen molar-refractivity contribution in [1.29, 1.82) is 0 Å². The Kier molecular flexibility index (Phi) is 2.33. The van der Waals surface area contributed by atoms with Gasteiger partial charge in [0.05, 0.1) is 7.11 Å². The Labute approximate surface area is 65.6 Å². The van der Waals surface area contributed by atoms with Gasteiger partial charge in [-0.3, -0.25) is 0 Å². The van der Waals surface area contributed by atoms with Crippen LogP contribution in [0.4, 0.5) is 0 Å². The van der Waals surface area contributed by atoms with E-state index in [1.165, 1.54) is 4.88 Å². The van der Waals surface area contributed by atoms with E-state index in [1.54, 1.807) is 18.4 Å². The molecule has 0 amide bonds. The average Bonchev–Trinajstić information content (AvgIpc) is 2.33. The molecule has 1 nitrogen and oxygen atoms in total. The number of thiophene rings is 1. The molecule has 0 bridgehead atoms. The van der Waals surface area contributed by atoms with Crippen molar-refractivity contribution in [3.63, 3.8) is 0 Å². The van der Waals surface area contributed by atoms with Crippen molar-refractivity contribution >= 4 is 11.3 Å². The van der Waals surface area contributed by atoms with Gasteiger partial charge in [0.25, 0.3) is 0 Å². The second kappa shape index (κ2) is 3.06. The number of rotatable bonds is 2. The first-order valence-corrected chi connectivity index (χ1v) is 4.25. The summed E-state index contributed by atoms with van der Waals surface area (Å²) in [5.74, 6) is 1.61. The molecular formula is C8H12OS. The maximum Gasteiger partial charge on any atom is 0.132 e. The summed E-state index contributed by atoms with van der Waals surface area (Å²) in [7, 11) is 1.72. The summed E-state index contributed by atoms with van der Waals surface area (Å²) in [6, 6.07) is 2.01. The fourth-order valence-corrected chi connectivity index (χ4v) is 1.78. The van der Waals surface area contributed by atoms with Gasteiger partial charge in [-0.15, -0.1) is 11.3 Å². The van der Waals surface area contributed by atoms with Crippen LogP contribution in [0.1, 0.15) is 24.6 Å². The first kappa shape index (κ1) is 7.61. The minimum atomic E-state index is 0.579. The second-order valence-electron chi connectivity index (χ2n) is 2.51. The predicted octanol–water partition coefficient (Wildman–Crippen LogP) is 2.88. The first-order valence-electron chi connectivity index (χ1n) is 3.37. The van der Waals surface area contributed by atoms with Gasteiger partial charge >= 0.3 is 0 Å². The van der Waals surface area contributed by atoms with Crippen LogP contribution in [0.2, 0.25) is 0 Å². The molecule has 10 heavy (non-hydrogen) atoms. The van der Waals surface area contributed by atoms with Crippen LogP contribution in [0.5, 0.6) is 5.75 Å². The molecule has 0 N–H and O–H groups in total. The predicted molar refractivity (Wildman–Crippen MR) is 45.0 cm³/mol. The van der Waals surface area contributed by atoms with Crippen LogP contribution in [-0.2, 0) is 0 Å². The summed E-state index contributed by atoms with van der Waals surface area (Å²) in [5, 5.41) is 2.06. The molecule has 1 aromatic heterocycles. The highest BCUT2D eigenvalue weighted by Gasteiger charge is 2.06. The van der Waals surface area contributed by atoms with Crippen molar-refractivity contribution in [3.8, 4) is 5.75 Å². The normalized spacial score (nSPS) is 10.4. The van der Waals surface area contributed by atoms with Gasteiger partial charge in [-0.2, -0.15) is 0 Å². The third kappa shape index (κ3) is 1.32. The molecule has 56 valence electrons. The van der Waals surface area contributed by atoms with E-state index in [9.17, 15) is 0 Å². The van der Waals surface area contributed by atoms with E-state index < -0.39 is 0 Å². The number of methoxy groups -OCH3 is 1. The Morgan fingerprint density at radius 3 is 2.60 bits per heavy atom.